The number of carbonyl (C=O) groups excluding carboxylic acids is 1. The van der Waals surface area contributed by atoms with Crippen LogP contribution in [0.15, 0.2) is 18.2 Å². The Kier molecular flexibility index (Phi) is 4.45. The quantitative estimate of drug-likeness (QED) is 0.874. The molecular formula is C16H20ClFN2O. The van der Waals surface area contributed by atoms with E-state index in [-0.39, 0.29) is 11.9 Å². The van der Waals surface area contributed by atoms with Crippen LogP contribution in [0.1, 0.15) is 38.5 Å². The number of fused-ring (bicyclic) bond motifs is 1. The Morgan fingerprint density at radius 2 is 2.05 bits per heavy atom. The summed E-state index contributed by atoms with van der Waals surface area (Å²) in [6.07, 6.45) is 6.88. The molecule has 2 N–H and O–H groups in total. The molecule has 1 saturated heterocycles. The van der Waals surface area contributed by atoms with Crippen LogP contribution in [-0.2, 0) is 4.79 Å². The molecule has 3 unspecified atom stereocenters. The molecular weight excluding hydrogens is 291 g/mol. The van der Waals surface area contributed by atoms with Gasteiger partial charge in [-0.3, -0.25) is 4.79 Å². The zero-order valence-electron chi connectivity index (χ0n) is 11.9. The molecule has 1 aliphatic heterocycles. The third-order valence-electron chi connectivity index (χ3n) is 4.65. The summed E-state index contributed by atoms with van der Waals surface area (Å²) < 4.78 is 13.2. The number of hydrogen-bond acceptors (Lipinski definition) is 2. The van der Waals surface area contributed by atoms with Crippen LogP contribution in [0.3, 0.4) is 0 Å². The highest BCUT2D eigenvalue weighted by Gasteiger charge is 2.34. The Morgan fingerprint density at radius 3 is 2.90 bits per heavy atom. The van der Waals surface area contributed by atoms with E-state index < -0.39 is 5.82 Å². The topological polar surface area (TPSA) is 41.1 Å². The summed E-state index contributed by atoms with van der Waals surface area (Å²) in [5, 5.41) is 6.56. The second-order valence-electron chi connectivity index (χ2n) is 6.06. The standard InChI is InChI=1S/C16H20ClFN2O/c17-12-7-6-11(18)9-15(12)20-16(21)14-8-5-10-3-1-2-4-13(10)19-14/h6-7,9-10,13-14,19H,1-5,8H2,(H,20,21). The van der Waals surface area contributed by atoms with Crippen molar-refractivity contribution in [2.75, 3.05) is 5.32 Å². The first-order chi connectivity index (χ1) is 10.1. The average molecular weight is 311 g/mol. The van der Waals surface area contributed by atoms with Crippen LogP contribution in [0.4, 0.5) is 10.1 Å². The highest BCUT2D eigenvalue weighted by Crippen LogP contribution is 2.32. The molecule has 1 aliphatic carbocycles. The van der Waals surface area contributed by atoms with Gasteiger partial charge >= 0.3 is 0 Å². The summed E-state index contributed by atoms with van der Waals surface area (Å²) >= 11 is 5.99. The molecule has 114 valence electrons. The van der Waals surface area contributed by atoms with Gasteiger partial charge in [0.1, 0.15) is 5.82 Å². The van der Waals surface area contributed by atoms with Gasteiger partial charge in [-0.2, -0.15) is 0 Å². The third-order valence-corrected chi connectivity index (χ3v) is 4.98. The smallest absolute Gasteiger partial charge is 0.241 e. The van der Waals surface area contributed by atoms with Crippen molar-refractivity contribution < 1.29 is 9.18 Å². The number of rotatable bonds is 2. The van der Waals surface area contributed by atoms with Crippen LogP contribution in [-0.4, -0.2) is 18.0 Å². The van der Waals surface area contributed by atoms with E-state index >= 15 is 0 Å². The van der Waals surface area contributed by atoms with E-state index in [1.54, 1.807) is 0 Å². The summed E-state index contributed by atoms with van der Waals surface area (Å²) in [6.45, 7) is 0. The van der Waals surface area contributed by atoms with Crippen molar-refractivity contribution in [3.8, 4) is 0 Å². The predicted molar refractivity (Wildman–Crippen MR) is 81.9 cm³/mol. The maximum Gasteiger partial charge on any atom is 0.241 e. The molecule has 1 aromatic carbocycles. The summed E-state index contributed by atoms with van der Waals surface area (Å²) in [6, 6.07) is 4.24. The second-order valence-corrected chi connectivity index (χ2v) is 6.47. The third kappa shape index (κ3) is 3.38. The first kappa shape index (κ1) is 14.8. The minimum atomic E-state index is -0.404. The molecule has 0 radical (unpaired) electrons. The highest BCUT2D eigenvalue weighted by molar-refractivity contribution is 6.33. The summed E-state index contributed by atoms with van der Waals surface area (Å²) in [5.41, 5.74) is 0.342. The Morgan fingerprint density at radius 1 is 1.24 bits per heavy atom. The molecule has 5 heteroatoms. The van der Waals surface area contributed by atoms with Gasteiger partial charge in [0.25, 0.3) is 0 Å². The van der Waals surface area contributed by atoms with Gasteiger partial charge in [-0.05, 0) is 49.8 Å². The Bertz CT molecular complexity index is 537. The SMILES string of the molecule is O=C(Nc1cc(F)ccc1Cl)C1CCC2CCCCC2N1. The van der Waals surface area contributed by atoms with Gasteiger partial charge in [0.05, 0.1) is 16.8 Å². The van der Waals surface area contributed by atoms with Gasteiger partial charge in [0, 0.05) is 6.04 Å². The first-order valence-corrected chi connectivity index (χ1v) is 8.03. The molecule has 1 heterocycles. The fourth-order valence-corrected chi connectivity index (χ4v) is 3.68. The van der Waals surface area contributed by atoms with Crippen LogP contribution >= 0.6 is 11.6 Å². The molecule has 3 atom stereocenters. The number of amides is 1. The van der Waals surface area contributed by atoms with Crippen molar-refractivity contribution in [2.24, 2.45) is 5.92 Å². The van der Waals surface area contributed by atoms with Gasteiger partial charge in [0.2, 0.25) is 5.91 Å². The van der Waals surface area contributed by atoms with Crippen LogP contribution in [0.5, 0.6) is 0 Å². The maximum atomic E-state index is 13.2. The number of piperidine rings is 1. The minimum absolute atomic E-state index is 0.119. The van der Waals surface area contributed by atoms with Crippen molar-refractivity contribution in [3.05, 3.63) is 29.0 Å². The summed E-state index contributed by atoms with van der Waals surface area (Å²) in [7, 11) is 0. The van der Waals surface area contributed by atoms with E-state index in [4.69, 9.17) is 11.6 Å². The predicted octanol–water partition coefficient (Wildman–Crippen LogP) is 3.73. The molecule has 2 fully saturated rings. The molecule has 21 heavy (non-hydrogen) atoms. The number of halogens is 2. The number of nitrogens with one attached hydrogen (secondary N) is 2. The molecule has 0 spiro atoms. The number of benzene rings is 1. The van der Waals surface area contributed by atoms with Crippen molar-refractivity contribution >= 4 is 23.2 Å². The maximum absolute atomic E-state index is 13.2. The van der Waals surface area contributed by atoms with Gasteiger partial charge in [-0.25, -0.2) is 4.39 Å². The zero-order chi connectivity index (χ0) is 14.8. The van der Waals surface area contributed by atoms with E-state index in [9.17, 15) is 9.18 Å². The van der Waals surface area contributed by atoms with Crippen LogP contribution < -0.4 is 10.6 Å². The largest absolute Gasteiger partial charge is 0.323 e. The lowest BCUT2D eigenvalue weighted by molar-refractivity contribution is -0.119. The van der Waals surface area contributed by atoms with Crippen LogP contribution in [0, 0.1) is 11.7 Å². The highest BCUT2D eigenvalue weighted by atomic mass is 35.5. The lowest BCUT2D eigenvalue weighted by Crippen LogP contribution is -2.53. The van der Waals surface area contributed by atoms with Crippen molar-refractivity contribution in [1.82, 2.24) is 5.32 Å². The number of hydrogen-bond donors (Lipinski definition) is 2. The van der Waals surface area contributed by atoms with Crippen LogP contribution in [0.2, 0.25) is 5.02 Å². The molecule has 1 saturated carbocycles. The van der Waals surface area contributed by atoms with Gasteiger partial charge in [0.15, 0.2) is 0 Å². The molecule has 3 rings (SSSR count). The fraction of sp³-hybridized carbons (Fsp3) is 0.562. The molecule has 1 amide bonds. The van der Waals surface area contributed by atoms with E-state index in [0.717, 1.165) is 19.3 Å². The number of anilines is 1. The molecule has 1 aromatic rings. The molecule has 2 aliphatic rings. The lowest BCUT2D eigenvalue weighted by atomic mass is 9.77. The fourth-order valence-electron chi connectivity index (χ4n) is 3.52. The first-order valence-electron chi connectivity index (χ1n) is 7.65. The van der Waals surface area contributed by atoms with Gasteiger partial charge < -0.3 is 10.6 Å². The molecule has 0 bridgehead atoms. The van der Waals surface area contributed by atoms with Crippen molar-refractivity contribution in [1.29, 1.82) is 0 Å². The molecule has 3 nitrogen and oxygen atoms in total. The summed E-state index contributed by atoms with van der Waals surface area (Å²) in [5.74, 6) is 0.186. The van der Waals surface area contributed by atoms with E-state index in [1.165, 1.54) is 37.5 Å². The minimum Gasteiger partial charge on any atom is -0.323 e. The Hall–Kier alpha value is -1.13. The van der Waals surface area contributed by atoms with Crippen LogP contribution in [0.25, 0.3) is 0 Å². The van der Waals surface area contributed by atoms with E-state index in [0.29, 0.717) is 22.7 Å². The lowest BCUT2D eigenvalue weighted by Gasteiger charge is -2.39. The monoisotopic (exact) mass is 310 g/mol. The van der Waals surface area contributed by atoms with Gasteiger partial charge in [-0.1, -0.05) is 24.4 Å². The molecule has 0 aromatic heterocycles. The van der Waals surface area contributed by atoms with Gasteiger partial charge in [-0.15, -0.1) is 0 Å². The Labute approximate surface area is 129 Å². The van der Waals surface area contributed by atoms with E-state index in [2.05, 4.69) is 10.6 Å². The zero-order valence-corrected chi connectivity index (χ0v) is 12.6. The summed E-state index contributed by atoms with van der Waals surface area (Å²) in [4.78, 5) is 12.4. The normalized spacial score (nSPS) is 28.8. The average Bonchev–Trinajstić information content (AvgIpc) is 2.50. The Balaban J connectivity index is 1.64. The second kappa shape index (κ2) is 6.32. The van der Waals surface area contributed by atoms with E-state index in [1.807, 2.05) is 0 Å². The van der Waals surface area contributed by atoms with Crippen molar-refractivity contribution in [2.45, 2.75) is 50.6 Å². The number of carbonyl (C=O) groups is 1. The van der Waals surface area contributed by atoms with Crippen molar-refractivity contribution in [3.63, 3.8) is 0 Å².